The van der Waals surface area contributed by atoms with Gasteiger partial charge in [-0.25, -0.2) is 0 Å². The third-order valence-corrected chi connectivity index (χ3v) is 3.71. The lowest BCUT2D eigenvalue weighted by Gasteiger charge is -2.20. The van der Waals surface area contributed by atoms with Crippen LogP contribution in [0.1, 0.15) is 19.3 Å². The molecule has 0 amide bonds. The fourth-order valence-electron chi connectivity index (χ4n) is 2.92. The molecule has 82 valence electrons. The van der Waals surface area contributed by atoms with Gasteiger partial charge < -0.3 is 10.6 Å². The summed E-state index contributed by atoms with van der Waals surface area (Å²) in [6.07, 6.45) is 8.01. The molecule has 4 heteroatoms. The summed E-state index contributed by atoms with van der Waals surface area (Å²) in [4.78, 5) is 0. The zero-order chi connectivity index (χ0) is 10.3. The van der Waals surface area contributed by atoms with E-state index in [-0.39, 0.29) is 0 Å². The highest BCUT2D eigenvalue weighted by Gasteiger charge is 2.38. The molecule has 0 aromatic carbocycles. The molecular weight excluding hydrogens is 188 g/mol. The number of hydrogen-bond acceptors (Lipinski definition) is 3. The lowest BCUT2D eigenvalue weighted by molar-refractivity contribution is 0.424. The average Bonchev–Trinajstić information content (AvgIpc) is 2.90. The maximum atomic E-state index is 4.15. The fourth-order valence-corrected chi connectivity index (χ4v) is 2.92. The van der Waals surface area contributed by atoms with Gasteiger partial charge in [-0.1, -0.05) is 0 Å². The minimum atomic E-state index is 0.763. The first-order valence-electron chi connectivity index (χ1n) is 5.80. The van der Waals surface area contributed by atoms with Crippen LogP contribution < -0.4 is 10.6 Å². The number of fused-ring (bicyclic) bond motifs is 2. The predicted molar refractivity (Wildman–Crippen MR) is 59.8 cm³/mol. The molecule has 2 aliphatic heterocycles. The summed E-state index contributed by atoms with van der Waals surface area (Å²) in [5.74, 6) is 0.809. The molecule has 2 fully saturated rings. The molecule has 1 aromatic heterocycles. The van der Waals surface area contributed by atoms with Crippen LogP contribution in [-0.4, -0.2) is 28.4 Å². The van der Waals surface area contributed by atoms with Crippen molar-refractivity contribution >= 4 is 5.69 Å². The van der Waals surface area contributed by atoms with E-state index in [2.05, 4.69) is 15.7 Å². The number of hydrogen-bond donors (Lipinski definition) is 2. The van der Waals surface area contributed by atoms with Gasteiger partial charge in [0.05, 0.1) is 11.9 Å². The normalized spacial score (nSPS) is 33.5. The summed E-state index contributed by atoms with van der Waals surface area (Å²) in [7, 11) is 1.95. The number of aryl methyl sites for hydroxylation is 1. The molecule has 3 rings (SSSR count). The molecule has 0 spiro atoms. The highest BCUT2D eigenvalue weighted by molar-refractivity contribution is 5.38. The topological polar surface area (TPSA) is 41.9 Å². The van der Waals surface area contributed by atoms with Crippen molar-refractivity contribution in [1.82, 2.24) is 15.1 Å². The zero-order valence-corrected chi connectivity index (χ0v) is 9.11. The highest BCUT2D eigenvalue weighted by Crippen LogP contribution is 2.33. The molecule has 2 bridgehead atoms. The Hall–Kier alpha value is -1.03. The van der Waals surface area contributed by atoms with E-state index >= 15 is 0 Å². The molecule has 2 aliphatic rings. The van der Waals surface area contributed by atoms with Crippen molar-refractivity contribution in [2.45, 2.75) is 31.3 Å². The van der Waals surface area contributed by atoms with E-state index in [1.54, 1.807) is 0 Å². The largest absolute Gasteiger partial charge is 0.382 e. The number of nitrogens with zero attached hydrogens (tertiary/aromatic N) is 2. The molecule has 3 atom stereocenters. The van der Waals surface area contributed by atoms with Gasteiger partial charge in [-0.2, -0.15) is 5.10 Å². The van der Waals surface area contributed by atoms with Crippen molar-refractivity contribution < 1.29 is 0 Å². The van der Waals surface area contributed by atoms with Crippen LogP contribution in [-0.2, 0) is 7.05 Å². The summed E-state index contributed by atoms with van der Waals surface area (Å²) in [6, 6.07) is 1.56. The monoisotopic (exact) mass is 206 g/mol. The maximum Gasteiger partial charge on any atom is 0.0726 e. The molecule has 4 nitrogen and oxygen atoms in total. The van der Waals surface area contributed by atoms with Crippen LogP contribution in [0, 0.1) is 5.92 Å². The molecule has 3 heterocycles. The standard InChI is InChI=1S/C11H18N4/c1-15-7-10(6-13-15)12-5-8-4-9-2-3-11(8)14-9/h6-9,11-12,14H,2-5H2,1H3. The molecule has 15 heavy (non-hydrogen) atoms. The van der Waals surface area contributed by atoms with Crippen molar-refractivity contribution in [3.63, 3.8) is 0 Å². The van der Waals surface area contributed by atoms with E-state index in [1.807, 2.05) is 24.1 Å². The van der Waals surface area contributed by atoms with Gasteiger partial charge in [-0.15, -0.1) is 0 Å². The highest BCUT2D eigenvalue weighted by atomic mass is 15.3. The Labute approximate surface area is 90.0 Å². The number of nitrogens with one attached hydrogen (secondary N) is 2. The lowest BCUT2D eigenvalue weighted by atomic mass is 9.89. The van der Waals surface area contributed by atoms with Gasteiger partial charge in [-0.3, -0.25) is 4.68 Å². The van der Waals surface area contributed by atoms with E-state index in [4.69, 9.17) is 0 Å². The third kappa shape index (κ3) is 1.74. The maximum absolute atomic E-state index is 4.15. The fraction of sp³-hybridized carbons (Fsp3) is 0.727. The van der Waals surface area contributed by atoms with Crippen molar-refractivity contribution in [3.8, 4) is 0 Å². The molecule has 0 radical (unpaired) electrons. The van der Waals surface area contributed by atoms with E-state index in [0.717, 1.165) is 30.2 Å². The number of rotatable bonds is 3. The van der Waals surface area contributed by atoms with Crippen molar-refractivity contribution in [2.75, 3.05) is 11.9 Å². The van der Waals surface area contributed by atoms with Gasteiger partial charge in [-0.05, 0) is 25.2 Å². The van der Waals surface area contributed by atoms with E-state index in [9.17, 15) is 0 Å². The van der Waals surface area contributed by atoms with Crippen LogP contribution in [0.5, 0.6) is 0 Å². The van der Waals surface area contributed by atoms with Crippen LogP contribution in [0.4, 0.5) is 5.69 Å². The van der Waals surface area contributed by atoms with Crippen LogP contribution >= 0.6 is 0 Å². The first kappa shape index (κ1) is 9.21. The summed E-state index contributed by atoms with van der Waals surface area (Å²) in [6.45, 7) is 1.08. The molecule has 2 N–H and O–H groups in total. The summed E-state index contributed by atoms with van der Waals surface area (Å²) < 4.78 is 1.83. The smallest absolute Gasteiger partial charge is 0.0726 e. The summed E-state index contributed by atoms with van der Waals surface area (Å²) in [5.41, 5.74) is 1.14. The molecule has 3 unspecified atom stereocenters. The van der Waals surface area contributed by atoms with Gasteiger partial charge in [0.1, 0.15) is 0 Å². The average molecular weight is 206 g/mol. The third-order valence-electron chi connectivity index (χ3n) is 3.71. The Morgan fingerprint density at radius 3 is 3.13 bits per heavy atom. The van der Waals surface area contributed by atoms with E-state index in [0.29, 0.717) is 0 Å². The van der Waals surface area contributed by atoms with E-state index < -0.39 is 0 Å². The minimum absolute atomic E-state index is 0.763. The summed E-state index contributed by atoms with van der Waals surface area (Å²) >= 11 is 0. The van der Waals surface area contributed by atoms with Crippen molar-refractivity contribution in [3.05, 3.63) is 12.4 Å². The SMILES string of the molecule is Cn1cc(NCC2CC3CCC2N3)cn1. The molecular formula is C11H18N4. The second kappa shape index (κ2) is 3.52. The van der Waals surface area contributed by atoms with Crippen LogP contribution in [0.3, 0.4) is 0 Å². The first-order valence-corrected chi connectivity index (χ1v) is 5.80. The Morgan fingerprint density at radius 1 is 1.60 bits per heavy atom. The molecule has 0 saturated carbocycles. The van der Waals surface area contributed by atoms with Crippen LogP contribution in [0.25, 0.3) is 0 Å². The number of aromatic nitrogens is 2. The first-order chi connectivity index (χ1) is 7.31. The number of anilines is 1. The molecule has 0 aliphatic carbocycles. The molecule has 1 aromatic rings. The van der Waals surface area contributed by atoms with E-state index in [1.165, 1.54) is 19.3 Å². The summed E-state index contributed by atoms with van der Waals surface area (Å²) in [5, 5.41) is 11.3. The van der Waals surface area contributed by atoms with Gasteiger partial charge in [0, 0.05) is 31.9 Å². The van der Waals surface area contributed by atoms with Crippen LogP contribution in [0.2, 0.25) is 0 Å². The second-order valence-corrected chi connectivity index (χ2v) is 4.83. The Balaban J connectivity index is 1.54. The van der Waals surface area contributed by atoms with Gasteiger partial charge in [0.25, 0.3) is 0 Å². The van der Waals surface area contributed by atoms with Crippen molar-refractivity contribution in [2.24, 2.45) is 13.0 Å². The Morgan fingerprint density at radius 2 is 2.53 bits per heavy atom. The lowest BCUT2D eigenvalue weighted by Crippen LogP contribution is -2.27. The zero-order valence-electron chi connectivity index (χ0n) is 9.11. The molecule has 2 saturated heterocycles. The predicted octanol–water partition coefficient (Wildman–Crippen LogP) is 0.972. The Kier molecular flexibility index (Phi) is 2.16. The van der Waals surface area contributed by atoms with Crippen molar-refractivity contribution in [1.29, 1.82) is 0 Å². The van der Waals surface area contributed by atoms with Gasteiger partial charge in [0.15, 0.2) is 0 Å². The second-order valence-electron chi connectivity index (χ2n) is 4.83. The quantitative estimate of drug-likeness (QED) is 0.774. The Bertz CT molecular complexity index is 346. The minimum Gasteiger partial charge on any atom is -0.382 e. The van der Waals surface area contributed by atoms with Crippen LogP contribution in [0.15, 0.2) is 12.4 Å². The van der Waals surface area contributed by atoms with Gasteiger partial charge >= 0.3 is 0 Å². The van der Waals surface area contributed by atoms with Gasteiger partial charge in [0.2, 0.25) is 0 Å².